The minimum atomic E-state index is -2.94. The lowest BCUT2D eigenvalue weighted by molar-refractivity contribution is -0.0498. The first-order chi connectivity index (χ1) is 12.5. The lowest BCUT2D eigenvalue weighted by Crippen LogP contribution is -2.34. The van der Waals surface area contributed by atoms with E-state index in [1.807, 2.05) is 13.0 Å². The fourth-order valence-electron chi connectivity index (χ4n) is 2.74. The van der Waals surface area contributed by atoms with Gasteiger partial charge in [0.2, 0.25) is 0 Å². The molecule has 0 saturated heterocycles. The van der Waals surface area contributed by atoms with Crippen molar-refractivity contribution in [3.8, 4) is 22.9 Å². The third-order valence-electron chi connectivity index (χ3n) is 4.31. The molecule has 0 spiro atoms. The molecule has 1 atom stereocenters. The number of pyridine rings is 1. The number of alkyl halides is 2. The van der Waals surface area contributed by atoms with Crippen LogP contribution in [0.5, 0.6) is 5.75 Å². The summed E-state index contributed by atoms with van der Waals surface area (Å²) in [7, 11) is 0. The number of aromatic nitrogens is 1. The number of nitrogens with zero attached hydrogens (tertiary/aromatic N) is 2. The Balaban J connectivity index is 1.90. The molecule has 134 valence electrons. The van der Waals surface area contributed by atoms with Crippen molar-refractivity contribution in [1.29, 1.82) is 5.26 Å². The predicted molar refractivity (Wildman–Crippen MR) is 90.7 cm³/mol. The normalized spacial score (nSPS) is 14.6. The first-order valence-corrected chi connectivity index (χ1v) is 8.24. The van der Waals surface area contributed by atoms with Crippen LogP contribution in [0.2, 0.25) is 0 Å². The van der Waals surface area contributed by atoms with Gasteiger partial charge in [-0.3, -0.25) is 4.79 Å². The largest absolute Gasteiger partial charge is 0.435 e. The molecule has 1 saturated carbocycles. The average molecular weight is 357 g/mol. The molecule has 1 aliphatic rings. The van der Waals surface area contributed by atoms with Crippen LogP contribution in [0.3, 0.4) is 0 Å². The molecule has 1 aromatic heterocycles. The molecular formula is C19H17F2N3O2. The van der Waals surface area contributed by atoms with E-state index in [2.05, 4.69) is 15.0 Å². The molecule has 2 aromatic rings. The van der Waals surface area contributed by atoms with E-state index in [1.165, 1.54) is 24.4 Å². The summed E-state index contributed by atoms with van der Waals surface area (Å²) in [6.07, 6.45) is 3.56. The molecule has 5 nitrogen and oxygen atoms in total. The van der Waals surface area contributed by atoms with E-state index in [9.17, 15) is 18.8 Å². The molecular weight excluding hydrogens is 340 g/mol. The van der Waals surface area contributed by atoms with E-state index in [4.69, 9.17) is 0 Å². The fourth-order valence-corrected chi connectivity index (χ4v) is 2.74. The van der Waals surface area contributed by atoms with E-state index in [0.29, 0.717) is 22.6 Å². The third kappa shape index (κ3) is 4.14. The first kappa shape index (κ1) is 17.8. The van der Waals surface area contributed by atoms with Gasteiger partial charge in [-0.2, -0.15) is 14.0 Å². The Morgan fingerprint density at radius 1 is 1.38 bits per heavy atom. The van der Waals surface area contributed by atoms with Crippen molar-refractivity contribution in [2.75, 3.05) is 0 Å². The molecule has 1 heterocycles. The molecule has 7 heteroatoms. The van der Waals surface area contributed by atoms with Crippen molar-refractivity contribution in [2.24, 2.45) is 5.92 Å². The molecule has 1 aromatic carbocycles. The molecule has 3 rings (SSSR count). The van der Waals surface area contributed by atoms with Gasteiger partial charge in [-0.05, 0) is 49.4 Å². The highest BCUT2D eigenvalue weighted by Gasteiger charge is 2.29. The highest BCUT2D eigenvalue weighted by Crippen LogP contribution is 2.32. The lowest BCUT2D eigenvalue weighted by Gasteiger charge is -2.14. The first-order valence-electron chi connectivity index (χ1n) is 8.24. The molecule has 1 aliphatic carbocycles. The molecule has 1 amide bonds. The Morgan fingerprint density at radius 3 is 2.81 bits per heavy atom. The number of amides is 1. The van der Waals surface area contributed by atoms with Crippen molar-refractivity contribution < 1.29 is 18.3 Å². The summed E-state index contributed by atoms with van der Waals surface area (Å²) in [6.45, 7) is -0.988. The van der Waals surface area contributed by atoms with Crippen molar-refractivity contribution in [3.05, 3.63) is 47.8 Å². The molecule has 0 unspecified atom stereocenters. The Hall–Kier alpha value is -3.01. The van der Waals surface area contributed by atoms with Gasteiger partial charge in [0, 0.05) is 17.8 Å². The minimum absolute atomic E-state index is 0.0291. The van der Waals surface area contributed by atoms with Gasteiger partial charge in [-0.25, -0.2) is 4.98 Å². The zero-order valence-electron chi connectivity index (χ0n) is 14.1. The van der Waals surface area contributed by atoms with Crippen LogP contribution in [0.4, 0.5) is 8.78 Å². The van der Waals surface area contributed by atoms with Crippen molar-refractivity contribution in [3.63, 3.8) is 0 Å². The number of hydrogen-bond donors (Lipinski definition) is 1. The van der Waals surface area contributed by atoms with Crippen LogP contribution in [0.15, 0.2) is 36.5 Å². The van der Waals surface area contributed by atoms with E-state index < -0.39 is 6.61 Å². The highest BCUT2D eigenvalue weighted by molar-refractivity contribution is 5.95. The molecule has 26 heavy (non-hydrogen) atoms. The molecule has 1 fully saturated rings. The highest BCUT2D eigenvalue weighted by atomic mass is 19.3. The maximum atomic E-state index is 12.4. The number of carbonyl (C=O) groups excluding carboxylic acids is 1. The standard InChI is InChI=1S/C19H17F2N3O2/c1-11(12-5-6-12)24-18(25)14-8-16(17(9-22)23-10-14)13-3-2-4-15(7-13)26-19(20)21/h2-4,7-8,10-12,19H,5-6H2,1H3,(H,24,25)/t11-/m0/s1. The Morgan fingerprint density at radius 2 is 2.15 bits per heavy atom. The number of halogens is 2. The second kappa shape index (κ2) is 7.48. The van der Waals surface area contributed by atoms with Gasteiger partial charge in [-0.1, -0.05) is 12.1 Å². The Labute approximate surface area is 149 Å². The van der Waals surface area contributed by atoms with Crippen molar-refractivity contribution in [1.82, 2.24) is 10.3 Å². The Bertz CT molecular complexity index is 860. The summed E-state index contributed by atoms with van der Waals surface area (Å²) in [5, 5.41) is 12.2. The van der Waals surface area contributed by atoms with E-state index >= 15 is 0 Å². The number of ether oxygens (including phenoxy) is 1. The number of nitriles is 1. The monoisotopic (exact) mass is 357 g/mol. The van der Waals surface area contributed by atoms with Gasteiger partial charge in [0.25, 0.3) is 5.91 Å². The van der Waals surface area contributed by atoms with Crippen molar-refractivity contribution >= 4 is 5.91 Å². The topological polar surface area (TPSA) is 75.0 Å². The Kier molecular flexibility index (Phi) is 5.12. The van der Waals surface area contributed by atoms with Crippen LogP contribution < -0.4 is 10.1 Å². The number of hydrogen-bond acceptors (Lipinski definition) is 4. The van der Waals surface area contributed by atoms with Crippen LogP contribution >= 0.6 is 0 Å². The summed E-state index contributed by atoms with van der Waals surface area (Å²) >= 11 is 0. The van der Waals surface area contributed by atoms with Gasteiger partial charge in [-0.15, -0.1) is 0 Å². The van der Waals surface area contributed by atoms with Crippen LogP contribution in [0, 0.1) is 17.2 Å². The molecule has 0 bridgehead atoms. The van der Waals surface area contributed by atoms with Crippen LogP contribution in [0.1, 0.15) is 35.8 Å². The second-order valence-electron chi connectivity index (χ2n) is 6.24. The number of nitrogens with one attached hydrogen (secondary N) is 1. The van der Waals surface area contributed by atoms with Crippen LogP contribution in [0.25, 0.3) is 11.1 Å². The quantitative estimate of drug-likeness (QED) is 0.854. The third-order valence-corrected chi connectivity index (χ3v) is 4.31. The van der Waals surface area contributed by atoms with Crippen LogP contribution in [-0.4, -0.2) is 23.5 Å². The smallest absolute Gasteiger partial charge is 0.387 e. The second-order valence-corrected chi connectivity index (χ2v) is 6.24. The van der Waals surface area contributed by atoms with Gasteiger partial charge in [0.05, 0.1) is 5.56 Å². The summed E-state index contributed by atoms with van der Waals surface area (Å²) in [4.78, 5) is 16.5. The number of rotatable bonds is 6. The minimum Gasteiger partial charge on any atom is -0.435 e. The molecule has 0 radical (unpaired) electrons. The van der Waals surface area contributed by atoms with E-state index in [0.717, 1.165) is 12.8 Å². The predicted octanol–water partition coefficient (Wildman–Crippen LogP) is 3.75. The van der Waals surface area contributed by atoms with Gasteiger partial charge in [0.15, 0.2) is 0 Å². The van der Waals surface area contributed by atoms with Crippen molar-refractivity contribution in [2.45, 2.75) is 32.4 Å². The average Bonchev–Trinajstić information content (AvgIpc) is 3.46. The van der Waals surface area contributed by atoms with E-state index in [1.54, 1.807) is 12.1 Å². The zero-order chi connectivity index (χ0) is 18.7. The van der Waals surface area contributed by atoms with Gasteiger partial charge >= 0.3 is 6.61 Å². The molecule has 0 aliphatic heterocycles. The zero-order valence-corrected chi connectivity index (χ0v) is 14.1. The fraction of sp³-hybridized carbons (Fsp3) is 0.316. The summed E-state index contributed by atoms with van der Waals surface area (Å²) in [5.74, 6) is 0.203. The molecule has 1 N–H and O–H groups in total. The maximum Gasteiger partial charge on any atom is 0.387 e. The van der Waals surface area contributed by atoms with Gasteiger partial charge < -0.3 is 10.1 Å². The lowest BCUT2D eigenvalue weighted by atomic mass is 10.0. The van der Waals surface area contributed by atoms with Crippen LogP contribution in [-0.2, 0) is 0 Å². The maximum absolute atomic E-state index is 12.4. The SMILES string of the molecule is C[C@H](NC(=O)c1cnc(C#N)c(-c2cccc(OC(F)F)c2)c1)C1CC1. The summed E-state index contributed by atoms with van der Waals surface area (Å²) in [6, 6.07) is 9.54. The number of benzene rings is 1. The van der Waals surface area contributed by atoms with Gasteiger partial charge in [0.1, 0.15) is 17.5 Å². The summed E-state index contributed by atoms with van der Waals surface area (Å²) < 4.78 is 29.2. The van der Waals surface area contributed by atoms with E-state index in [-0.39, 0.29) is 23.4 Å². The summed E-state index contributed by atoms with van der Waals surface area (Å²) in [5.41, 5.74) is 1.27. The number of carbonyl (C=O) groups is 1.